The van der Waals surface area contributed by atoms with E-state index in [-0.39, 0.29) is 5.91 Å². The second kappa shape index (κ2) is 2.64. The molecule has 1 amide bonds. The molecule has 1 aliphatic rings. The van der Waals surface area contributed by atoms with Crippen LogP contribution in [0.4, 0.5) is 0 Å². The summed E-state index contributed by atoms with van der Waals surface area (Å²) < 4.78 is 0.877. The summed E-state index contributed by atoms with van der Waals surface area (Å²) in [6.07, 6.45) is -0.832. The van der Waals surface area contributed by atoms with Crippen LogP contribution in [-0.4, -0.2) is 29.2 Å². The second-order valence-electron chi connectivity index (χ2n) is 1.95. The van der Waals surface area contributed by atoms with Gasteiger partial charge < -0.3 is 10.0 Å². The van der Waals surface area contributed by atoms with E-state index in [0.29, 0.717) is 8.96 Å². The number of carbonyl (C=O) groups excluding carboxylic acids is 1. The van der Waals surface area contributed by atoms with Gasteiger partial charge in [0.25, 0.3) is 5.91 Å². The smallest absolute Gasteiger partial charge is 0.263 e. The van der Waals surface area contributed by atoms with Crippen molar-refractivity contribution < 1.29 is 9.90 Å². The molecule has 3 nitrogen and oxygen atoms in total. The Hall–Kier alpha value is 0.130. The molecule has 5 heteroatoms. The summed E-state index contributed by atoms with van der Waals surface area (Å²) in [5, 5.41) is 9.18. The van der Waals surface area contributed by atoms with Crippen LogP contribution in [0.15, 0.2) is 8.96 Å². The van der Waals surface area contributed by atoms with Crippen molar-refractivity contribution in [2.24, 2.45) is 0 Å². The topological polar surface area (TPSA) is 40.5 Å². The van der Waals surface area contributed by atoms with Gasteiger partial charge in [-0.3, -0.25) is 4.79 Å². The second-order valence-corrected chi connectivity index (χ2v) is 3.60. The van der Waals surface area contributed by atoms with E-state index in [9.17, 15) is 9.90 Å². The van der Waals surface area contributed by atoms with Crippen molar-refractivity contribution in [1.82, 2.24) is 4.90 Å². The first-order valence-corrected chi connectivity index (χ1v) is 4.14. The highest BCUT2D eigenvalue weighted by Crippen LogP contribution is 2.30. The van der Waals surface area contributed by atoms with Gasteiger partial charge in [-0.15, -0.1) is 0 Å². The summed E-state index contributed by atoms with van der Waals surface area (Å²) in [5.41, 5.74) is 0. The lowest BCUT2D eigenvalue weighted by Gasteiger charge is -2.13. The number of amides is 1. The maximum Gasteiger partial charge on any atom is 0.263 e. The van der Waals surface area contributed by atoms with Gasteiger partial charge in [-0.1, -0.05) is 0 Å². The molecule has 0 fully saturated rings. The number of aliphatic hydroxyl groups excluding tert-OH is 1. The van der Waals surface area contributed by atoms with E-state index in [2.05, 4.69) is 31.9 Å². The van der Waals surface area contributed by atoms with Crippen molar-refractivity contribution >= 4 is 37.8 Å². The molecule has 1 heterocycles. The van der Waals surface area contributed by atoms with Gasteiger partial charge in [-0.25, -0.2) is 0 Å². The molecule has 0 bridgehead atoms. The highest BCUT2D eigenvalue weighted by Gasteiger charge is 2.32. The van der Waals surface area contributed by atoms with E-state index in [1.54, 1.807) is 0 Å². The number of nitrogens with zero attached hydrogens (tertiary/aromatic N) is 1. The standard InChI is InChI=1S/C5H5Br2NO2/c1-8-4(9)2(6)3(7)5(8)10/h4,9H,1H3. The minimum absolute atomic E-state index is 0.209. The minimum atomic E-state index is -0.832. The van der Waals surface area contributed by atoms with Gasteiger partial charge in [0.05, 0.1) is 8.96 Å². The Kier molecular flexibility index (Phi) is 2.17. The van der Waals surface area contributed by atoms with Crippen molar-refractivity contribution in [3.63, 3.8) is 0 Å². The van der Waals surface area contributed by atoms with E-state index in [1.165, 1.54) is 11.9 Å². The Bertz CT molecular complexity index is 214. The first-order chi connectivity index (χ1) is 4.55. The normalized spacial score (nSPS) is 26.6. The highest BCUT2D eigenvalue weighted by molar-refractivity contribution is 9.14. The van der Waals surface area contributed by atoms with Crippen LogP contribution < -0.4 is 0 Å². The Morgan fingerprint density at radius 2 is 2.10 bits per heavy atom. The molecule has 1 rings (SSSR count). The number of hydrogen-bond acceptors (Lipinski definition) is 2. The summed E-state index contributed by atoms with van der Waals surface area (Å²) >= 11 is 6.10. The minimum Gasteiger partial charge on any atom is -0.369 e. The molecule has 0 spiro atoms. The van der Waals surface area contributed by atoms with Crippen molar-refractivity contribution in [3.8, 4) is 0 Å². The van der Waals surface area contributed by atoms with Gasteiger partial charge >= 0.3 is 0 Å². The first kappa shape index (κ1) is 8.23. The molecule has 1 aliphatic heterocycles. The predicted octanol–water partition coefficient (Wildman–Crippen LogP) is 0.778. The molecule has 10 heavy (non-hydrogen) atoms. The molecule has 1 atom stereocenters. The van der Waals surface area contributed by atoms with E-state index < -0.39 is 6.23 Å². The molecule has 1 unspecified atom stereocenters. The Balaban J connectivity index is 2.99. The number of aliphatic hydroxyl groups is 1. The lowest BCUT2D eigenvalue weighted by atomic mass is 10.5. The van der Waals surface area contributed by atoms with Crippen LogP contribution >= 0.6 is 31.9 Å². The summed E-state index contributed by atoms with van der Waals surface area (Å²) in [5.74, 6) is -0.209. The van der Waals surface area contributed by atoms with E-state index in [4.69, 9.17) is 0 Å². The van der Waals surface area contributed by atoms with Crippen LogP contribution in [-0.2, 0) is 4.79 Å². The van der Waals surface area contributed by atoms with Crippen molar-refractivity contribution in [3.05, 3.63) is 8.96 Å². The van der Waals surface area contributed by atoms with Crippen LogP contribution in [0.3, 0.4) is 0 Å². The molecule has 0 aromatic carbocycles. The van der Waals surface area contributed by atoms with Crippen LogP contribution in [0.25, 0.3) is 0 Å². The number of likely N-dealkylation sites (N-methyl/N-ethyl adjacent to an activating group) is 1. The third-order valence-electron chi connectivity index (χ3n) is 1.31. The van der Waals surface area contributed by atoms with Gasteiger partial charge in [-0.05, 0) is 31.9 Å². The molecule has 0 aromatic heterocycles. The summed E-state index contributed by atoms with van der Waals surface area (Å²) in [6, 6.07) is 0. The largest absolute Gasteiger partial charge is 0.369 e. The third kappa shape index (κ3) is 1.02. The van der Waals surface area contributed by atoms with E-state index in [0.717, 1.165) is 0 Å². The van der Waals surface area contributed by atoms with Crippen LogP contribution in [0.1, 0.15) is 0 Å². The summed E-state index contributed by atoms with van der Waals surface area (Å²) in [6.45, 7) is 0. The molecule has 0 aliphatic carbocycles. The maximum absolute atomic E-state index is 11.0. The molecule has 0 radical (unpaired) electrons. The lowest BCUT2D eigenvalue weighted by molar-refractivity contribution is -0.129. The molecule has 1 N–H and O–H groups in total. The lowest BCUT2D eigenvalue weighted by Crippen LogP contribution is -2.30. The number of halogens is 2. The summed E-state index contributed by atoms with van der Waals surface area (Å²) in [7, 11) is 1.53. The Morgan fingerprint density at radius 1 is 1.60 bits per heavy atom. The van der Waals surface area contributed by atoms with E-state index >= 15 is 0 Å². The molecular weight excluding hydrogens is 266 g/mol. The van der Waals surface area contributed by atoms with Crippen molar-refractivity contribution in [1.29, 1.82) is 0 Å². The summed E-state index contributed by atoms with van der Waals surface area (Å²) in [4.78, 5) is 12.2. The van der Waals surface area contributed by atoms with Crippen LogP contribution in [0.2, 0.25) is 0 Å². The molecule has 0 saturated carbocycles. The Morgan fingerprint density at radius 3 is 2.20 bits per heavy atom. The van der Waals surface area contributed by atoms with Crippen LogP contribution in [0, 0.1) is 0 Å². The van der Waals surface area contributed by atoms with Crippen molar-refractivity contribution in [2.45, 2.75) is 6.23 Å². The molecule has 56 valence electrons. The fourth-order valence-corrected chi connectivity index (χ4v) is 1.61. The zero-order valence-electron chi connectivity index (χ0n) is 5.14. The van der Waals surface area contributed by atoms with Gasteiger partial charge in [0.15, 0.2) is 6.23 Å². The average molecular weight is 271 g/mol. The van der Waals surface area contributed by atoms with Crippen molar-refractivity contribution in [2.75, 3.05) is 7.05 Å². The molecular formula is C5H5Br2NO2. The monoisotopic (exact) mass is 269 g/mol. The van der Waals surface area contributed by atoms with Gasteiger partial charge in [-0.2, -0.15) is 0 Å². The quantitative estimate of drug-likeness (QED) is 0.707. The van der Waals surface area contributed by atoms with Gasteiger partial charge in [0, 0.05) is 7.05 Å². The first-order valence-electron chi connectivity index (χ1n) is 2.56. The fraction of sp³-hybridized carbons (Fsp3) is 0.400. The number of rotatable bonds is 0. The van der Waals surface area contributed by atoms with Gasteiger partial charge in [0.1, 0.15) is 0 Å². The van der Waals surface area contributed by atoms with Crippen LogP contribution in [0.5, 0.6) is 0 Å². The predicted molar refractivity (Wildman–Crippen MR) is 43.7 cm³/mol. The SMILES string of the molecule is CN1C(=O)C(Br)=C(Br)C1O. The van der Waals surface area contributed by atoms with E-state index in [1.807, 2.05) is 0 Å². The average Bonchev–Trinajstić information content (AvgIpc) is 2.07. The van der Waals surface area contributed by atoms with Gasteiger partial charge in [0.2, 0.25) is 0 Å². The molecule has 0 aromatic rings. The fourth-order valence-electron chi connectivity index (χ4n) is 0.651. The zero-order valence-corrected chi connectivity index (χ0v) is 8.31. The Labute approximate surface area is 75.0 Å². The third-order valence-corrected chi connectivity index (χ3v) is 3.42. The highest BCUT2D eigenvalue weighted by atomic mass is 79.9. The number of hydrogen-bond donors (Lipinski definition) is 1. The number of carbonyl (C=O) groups is 1. The molecule has 0 saturated heterocycles. The maximum atomic E-state index is 11.0. The zero-order chi connectivity index (χ0) is 7.89.